The van der Waals surface area contributed by atoms with E-state index in [1.54, 1.807) is 38.5 Å². The molecule has 1 saturated heterocycles. The summed E-state index contributed by atoms with van der Waals surface area (Å²) in [6.07, 6.45) is 1.79. The van der Waals surface area contributed by atoms with Gasteiger partial charge in [0, 0.05) is 5.56 Å². The molecule has 3 aromatic rings. The van der Waals surface area contributed by atoms with Gasteiger partial charge in [-0.05, 0) is 64.6 Å². The maximum Gasteiger partial charge on any atom is 0.270 e. The number of rotatable bonds is 7. The van der Waals surface area contributed by atoms with Gasteiger partial charge in [0.25, 0.3) is 5.91 Å². The number of nitrogens with zero attached hydrogens (tertiary/aromatic N) is 2. The van der Waals surface area contributed by atoms with E-state index in [4.69, 9.17) is 26.4 Å². The molecule has 1 aliphatic heterocycles. The Hall–Kier alpha value is -3.07. The van der Waals surface area contributed by atoms with Gasteiger partial charge in [-0.25, -0.2) is 0 Å². The molecule has 0 unspecified atom stereocenters. The molecule has 0 saturated carbocycles. The molecule has 1 aliphatic rings. The number of anilines is 1. The molecule has 0 aliphatic carbocycles. The van der Waals surface area contributed by atoms with Crippen LogP contribution in [0.2, 0.25) is 0 Å². The van der Waals surface area contributed by atoms with Crippen molar-refractivity contribution >= 4 is 68.6 Å². The average Bonchev–Trinajstić information content (AvgIpc) is 3.15. The number of carbonyl (C=O) groups is 1. The molecule has 0 radical (unpaired) electrons. The second-order valence-corrected chi connectivity index (χ2v) is 10.1. The second-order valence-electron chi connectivity index (χ2n) is 7.28. The minimum Gasteiger partial charge on any atom is -0.495 e. The molecule has 6 nitrogen and oxygen atoms in total. The van der Waals surface area contributed by atoms with E-state index in [9.17, 15) is 10.1 Å². The van der Waals surface area contributed by atoms with Gasteiger partial charge in [0.2, 0.25) is 0 Å². The summed E-state index contributed by atoms with van der Waals surface area (Å²) < 4.78 is 18.3. The summed E-state index contributed by atoms with van der Waals surface area (Å²) in [5, 5.41) is 9.32. The van der Waals surface area contributed by atoms with Crippen LogP contribution in [0.4, 0.5) is 5.69 Å². The third-order valence-electron chi connectivity index (χ3n) is 5.18. The molecule has 0 N–H and O–H groups in total. The quantitative estimate of drug-likeness (QED) is 0.179. The van der Waals surface area contributed by atoms with Crippen molar-refractivity contribution in [3.05, 3.63) is 85.8 Å². The summed E-state index contributed by atoms with van der Waals surface area (Å²) >= 11 is 8.90. The predicted molar refractivity (Wildman–Crippen MR) is 150 cm³/mol. The fourth-order valence-electron chi connectivity index (χ4n) is 3.51. The zero-order valence-corrected chi connectivity index (χ0v) is 22.6. The van der Waals surface area contributed by atoms with Gasteiger partial charge in [0.05, 0.1) is 40.0 Å². The molecule has 0 atom stereocenters. The van der Waals surface area contributed by atoms with Crippen LogP contribution in [0.5, 0.6) is 17.2 Å². The van der Waals surface area contributed by atoms with Gasteiger partial charge in [-0.15, -0.1) is 0 Å². The van der Waals surface area contributed by atoms with E-state index in [-0.39, 0.29) is 12.5 Å². The first-order valence-electron chi connectivity index (χ1n) is 10.4. The standard InChI is InChI=1S/C26H19IN2O4S2/c1-31-21-10-6-5-9-20(21)29-25(30)23(35-26(29)34)13-16-11-19(27)24(22(12-16)32-2)33-15-18-8-4-3-7-17(18)14-28/h3-13H,15H2,1-2H3/b23-13+. The van der Waals surface area contributed by atoms with Crippen LogP contribution in [0.3, 0.4) is 0 Å². The lowest BCUT2D eigenvalue weighted by Crippen LogP contribution is -2.27. The van der Waals surface area contributed by atoms with Crippen LogP contribution < -0.4 is 19.1 Å². The monoisotopic (exact) mass is 614 g/mol. The number of thioether (sulfide) groups is 1. The van der Waals surface area contributed by atoms with Crippen LogP contribution in [-0.2, 0) is 11.4 Å². The van der Waals surface area contributed by atoms with E-state index in [2.05, 4.69) is 28.7 Å². The zero-order chi connectivity index (χ0) is 24.9. The van der Waals surface area contributed by atoms with E-state index >= 15 is 0 Å². The van der Waals surface area contributed by atoms with Crippen molar-refractivity contribution in [2.45, 2.75) is 6.61 Å². The molecule has 9 heteroatoms. The smallest absolute Gasteiger partial charge is 0.270 e. The van der Waals surface area contributed by atoms with Crippen molar-refractivity contribution in [2.75, 3.05) is 19.1 Å². The normalized spacial score (nSPS) is 14.2. The van der Waals surface area contributed by atoms with Gasteiger partial charge in [0.1, 0.15) is 12.4 Å². The topological polar surface area (TPSA) is 71.8 Å². The number of para-hydroxylation sites is 2. The van der Waals surface area contributed by atoms with Gasteiger partial charge >= 0.3 is 0 Å². The number of amides is 1. The molecule has 4 rings (SSSR count). The van der Waals surface area contributed by atoms with Gasteiger partial charge in [0.15, 0.2) is 15.8 Å². The summed E-state index contributed by atoms with van der Waals surface area (Å²) in [6.45, 7) is 0.229. The highest BCUT2D eigenvalue weighted by atomic mass is 127. The number of hydrogen-bond acceptors (Lipinski definition) is 7. The van der Waals surface area contributed by atoms with E-state index in [0.29, 0.717) is 37.7 Å². The third kappa shape index (κ3) is 5.29. The number of nitriles is 1. The minimum atomic E-state index is -0.216. The molecular weight excluding hydrogens is 595 g/mol. The van der Waals surface area contributed by atoms with Crippen LogP contribution in [0, 0.1) is 14.9 Å². The lowest BCUT2D eigenvalue weighted by Gasteiger charge is -2.17. The van der Waals surface area contributed by atoms with Gasteiger partial charge in [-0.3, -0.25) is 9.69 Å². The maximum absolute atomic E-state index is 13.2. The van der Waals surface area contributed by atoms with Crippen LogP contribution in [0.15, 0.2) is 65.6 Å². The second kappa shape index (κ2) is 11.1. The number of benzene rings is 3. The first kappa shape index (κ1) is 25.0. The van der Waals surface area contributed by atoms with E-state index in [1.165, 1.54) is 16.7 Å². The van der Waals surface area contributed by atoms with E-state index < -0.39 is 0 Å². The largest absolute Gasteiger partial charge is 0.495 e. The number of halogens is 1. The van der Waals surface area contributed by atoms with Gasteiger partial charge in [-0.2, -0.15) is 5.26 Å². The molecule has 1 amide bonds. The molecule has 0 aromatic heterocycles. The average molecular weight is 614 g/mol. The Kier molecular flexibility index (Phi) is 7.95. The first-order valence-corrected chi connectivity index (χ1v) is 12.7. The number of carbonyl (C=O) groups excluding carboxylic acids is 1. The Labute approximate surface area is 226 Å². The Balaban J connectivity index is 1.61. The van der Waals surface area contributed by atoms with Crippen molar-refractivity contribution in [3.8, 4) is 23.3 Å². The zero-order valence-electron chi connectivity index (χ0n) is 18.8. The van der Waals surface area contributed by atoms with Gasteiger partial charge < -0.3 is 14.2 Å². The number of methoxy groups -OCH3 is 2. The Morgan fingerprint density at radius 3 is 2.54 bits per heavy atom. The Morgan fingerprint density at radius 1 is 1.09 bits per heavy atom. The molecule has 1 heterocycles. The Bertz CT molecular complexity index is 1380. The number of hydrogen-bond donors (Lipinski definition) is 0. The maximum atomic E-state index is 13.2. The Morgan fingerprint density at radius 2 is 1.80 bits per heavy atom. The summed E-state index contributed by atoms with van der Waals surface area (Å²) in [5.41, 5.74) is 2.73. The molecule has 1 fully saturated rings. The summed E-state index contributed by atoms with van der Waals surface area (Å²) in [7, 11) is 3.12. The summed E-state index contributed by atoms with van der Waals surface area (Å²) in [5.74, 6) is 1.45. The molecule has 35 heavy (non-hydrogen) atoms. The fraction of sp³-hybridized carbons (Fsp3) is 0.115. The predicted octanol–water partition coefficient (Wildman–Crippen LogP) is 6.16. The third-order valence-corrected chi connectivity index (χ3v) is 7.28. The van der Waals surface area contributed by atoms with Crippen molar-refractivity contribution in [1.29, 1.82) is 5.26 Å². The van der Waals surface area contributed by atoms with Crippen LogP contribution >= 0.6 is 46.6 Å². The molecule has 0 bridgehead atoms. The highest BCUT2D eigenvalue weighted by Crippen LogP contribution is 2.41. The van der Waals surface area contributed by atoms with Crippen LogP contribution in [0.1, 0.15) is 16.7 Å². The number of ether oxygens (including phenoxy) is 3. The lowest BCUT2D eigenvalue weighted by molar-refractivity contribution is -0.113. The van der Waals surface area contributed by atoms with Crippen molar-refractivity contribution in [2.24, 2.45) is 0 Å². The SMILES string of the molecule is COc1ccccc1N1C(=O)/C(=C\c2cc(I)c(OCc3ccccc3C#N)c(OC)c2)SC1=S. The lowest BCUT2D eigenvalue weighted by atomic mass is 10.1. The van der Waals surface area contributed by atoms with Crippen molar-refractivity contribution < 1.29 is 19.0 Å². The molecule has 0 spiro atoms. The van der Waals surface area contributed by atoms with Crippen LogP contribution in [-0.4, -0.2) is 24.4 Å². The molecule has 176 valence electrons. The van der Waals surface area contributed by atoms with Crippen LogP contribution in [0.25, 0.3) is 6.08 Å². The summed E-state index contributed by atoms with van der Waals surface area (Å²) in [4.78, 5) is 15.2. The fourth-order valence-corrected chi connectivity index (χ4v) is 5.58. The highest BCUT2D eigenvalue weighted by Gasteiger charge is 2.35. The highest BCUT2D eigenvalue weighted by molar-refractivity contribution is 14.1. The van der Waals surface area contributed by atoms with Gasteiger partial charge in [-0.1, -0.05) is 54.3 Å². The first-order chi connectivity index (χ1) is 17.0. The van der Waals surface area contributed by atoms with E-state index in [1.807, 2.05) is 42.5 Å². The van der Waals surface area contributed by atoms with E-state index in [0.717, 1.165) is 14.7 Å². The number of thiocarbonyl (C=S) groups is 1. The molecule has 3 aromatic carbocycles. The van der Waals surface area contributed by atoms with Crippen molar-refractivity contribution in [3.63, 3.8) is 0 Å². The summed E-state index contributed by atoms with van der Waals surface area (Å²) in [6, 6.07) is 20.5. The minimum absolute atomic E-state index is 0.216. The molecular formula is C26H19IN2O4S2. The van der Waals surface area contributed by atoms with Crippen molar-refractivity contribution in [1.82, 2.24) is 0 Å².